The fourth-order valence-electron chi connectivity index (χ4n) is 4.67. The van der Waals surface area contributed by atoms with E-state index in [1.54, 1.807) is 28.0 Å². The molecule has 1 saturated heterocycles. The highest BCUT2D eigenvalue weighted by atomic mass is 35.5. The van der Waals surface area contributed by atoms with E-state index in [9.17, 15) is 9.59 Å². The smallest absolute Gasteiger partial charge is 0.246 e. The molecule has 1 N–H and O–H groups in total. The molecule has 5 rings (SSSR count). The van der Waals surface area contributed by atoms with Gasteiger partial charge in [0.15, 0.2) is 0 Å². The lowest BCUT2D eigenvalue weighted by Crippen LogP contribution is -2.62. The first kappa shape index (κ1) is 18.5. The van der Waals surface area contributed by atoms with Gasteiger partial charge in [-0.3, -0.25) is 9.59 Å². The molecule has 3 heterocycles. The van der Waals surface area contributed by atoms with Crippen LogP contribution in [0.25, 0.3) is 10.9 Å². The van der Waals surface area contributed by atoms with Gasteiger partial charge in [0.05, 0.1) is 6.54 Å². The van der Waals surface area contributed by atoms with Crippen molar-refractivity contribution in [1.29, 1.82) is 0 Å². The summed E-state index contributed by atoms with van der Waals surface area (Å²) in [6.07, 6.45) is 0.471. The van der Waals surface area contributed by atoms with Crippen molar-refractivity contribution in [3.8, 4) is 0 Å². The summed E-state index contributed by atoms with van der Waals surface area (Å²) < 4.78 is 0. The molecule has 2 aliphatic heterocycles. The molecule has 3 aromatic rings. The third kappa shape index (κ3) is 2.68. The number of benzene rings is 2. The number of halogens is 2. The van der Waals surface area contributed by atoms with Crippen LogP contribution in [0.15, 0.2) is 42.5 Å². The highest BCUT2D eigenvalue weighted by Crippen LogP contribution is 2.46. The molecule has 2 amide bonds. The fourth-order valence-corrected chi connectivity index (χ4v) is 5.27. The van der Waals surface area contributed by atoms with E-state index in [-0.39, 0.29) is 18.4 Å². The van der Waals surface area contributed by atoms with E-state index < -0.39 is 12.1 Å². The number of nitrogens with zero attached hydrogens (tertiary/aromatic N) is 2. The number of piperazine rings is 1. The molecule has 5 nitrogen and oxygen atoms in total. The molecule has 2 aliphatic rings. The van der Waals surface area contributed by atoms with E-state index in [1.807, 2.05) is 31.2 Å². The Hall–Kier alpha value is -2.50. The summed E-state index contributed by atoms with van der Waals surface area (Å²) in [4.78, 5) is 33.2. The number of aromatic amines is 1. The lowest BCUT2D eigenvalue weighted by atomic mass is 9.86. The van der Waals surface area contributed by atoms with Crippen LogP contribution >= 0.6 is 23.2 Å². The summed E-state index contributed by atoms with van der Waals surface area (Å²) in [5, 5.41) is 2.01. The van der Waals surface area contributed by atoms with E-state index in [0.29, 0.717) is 28.6 Å². The van der Waals surface area contributed by atoms with Gasteiger partial charge in [-0.1, -0.05) is 47.5 Å². The molecule has 0 unspecified atom stereocenters. The average Bonchev–Trinajstić information content (AvgIpc) is 3.08. The standard InChI is InChI=1S/C22H19Cl2N3O2/c1-2-26-11-18(28)27-17(22(26)29)10-13-12-6-3-4-9-16(12)25-20(13)21(27)19-14(23)7-5-8-15(19)24/h3-9,17,21,25H,2,10-11H2,1H3/t17-,21-/m0/s1. The number of H-pyrrole nitrogens is 1. The first-order valence-corrected chi connectivity index (χ1v) is 10.4. The molecule has 148 valence electrons. The zero-order valence-corrected chi connectivity index (χ0v) is 17.3. The molecule has 0 aliphatic carbocycles. The predicted octanol–water partition coefficient (Wildman–Crippen LogP) is 4.18. The molecule has 1 aromatic heterocycles. The van der Waals surface area contributed by atoms with Gasteiger partial charge in [-0.15, -0.1) is 0 Å². The Bertz CT molecular complexity index is 1140. The number of carbonyl (C=O) groups excluding carboxylic acids is 2. The summed E-state index contributed by atoms with van der Waals surface area (Å²) in [6.45, 7) is 2.47. The van der Waals surface area contributed by atoms with Crippen molar-refractivity contribution < 1.29 is 9.59 Å². The highest BCUT2D eigenvalue weighted by Gasteiger charge is 2.48. The lowest BCUT2D eigenvalue weighted by molar-refractivity contribution is -0.158. The zero-order chi connectivity index (χ0) is 20.3. The number of para-hydroxylation sites is 1. The van der Waals surface area contributed by atoms with Gasteiger partial charge >= 0.3 is 0 Å². The van der Waals surface area contributed by atoms with Gasteiger partial charge in [-0.2, -0.15) is 0 Å². The maximum atomic E-state index is 13.2. The van der Waals surface area contributed by atoms with Gasteiger partial charge in [-0.25, -0.2) is 0 Å². The highest BCUT2D eigenvalue weighted by molar-refractivity contribution is 6.36. The van der Waals surface area contributed by atoms with Crippen LogP contribution in [0.3, 0.4) is 0 Å². The third-order valence-electron chi connectivity index (χ3n) is 6.00. The van der Waals surface area contributed by atoms with E-state index in [2.05, 4.69) is 4.98 Å². The Morgan fingerprint density at radius 2 is 1.79 bits per heavy atom. The first-order valence-electron chi connectivity index (χ1n) is 9.64. The van der Waals surface area contributed by atoms with E-state index in [1.165, 1.54) is 0 Å². The van der Waals surface area contributed by atoms with Crippen LogP contribution < -0.4 is 0 Å². The Kier molecular flexibility index (Phi) is 4.33. The number of likely N-dealkylation sites (N-methyl/N-ethyl adjacent to an activating group) is 1. The number of aromatic nitrogens is 1. The molecular weight excluding hydrogens is 409 g/mol. The topological polar surface area (TPSA) is 56.4 Å². The lowest BCUT2D eigenvalue weighted by Gasteiger charge is -2.47. The van der Waals surface area contributed by atoms with Gasteiger partial charge in [0.1, 0.15) is 12.1 Å². The number of amides is 2. The van der Waals surface area contributed by atoms with Crippen LogP contribution in [0.2, 0.25) is 10.0 Å². The Balaban J connectivity index is 1.79. The molecule has 0 saturated carbocycles. The molecule has 29 heavy (non-hydrogen) atoms. The van der Waals surface area contributed by atoms with Crippen LogP contribution in [0.1, 0.15) is 29.8 Å². The Morgan fingerprint density at radius 3 is 2.52 bits per heavy atom. The van der Waals surface area contributed by atoms with Gasteiger partial charge in [0, 0.05) is 45.2 Å². The minimum Gasteiger partial charge on any atom is -0.356 e. The average molecular weight is 428 g/mol. The largest absolute Gasteiger partial charge is 0.356 e. The van der Waals surface area contributed by atoms with Crippen LogP contribution in [0, 0.1) is 0 Å². The van der Waals surface area contributed by atoms with Gasteiger partial charge < -0.3 is 14.8 Å². The maximum Gasteiger partial charge on any atom is 0.246 e. The van der Waals surface area contributed by atoms with Gasteiger partial charge in [-0.05, 0) is 30.7 Å². The number of fused-ring (bicyclic) bond motifs is 4. The monoisotopic (exact) mass is 427 g/mol. The molecule has 0 radical (unpaired) electrons. The summed E-state index contributed by atoms with van der Waals surface area (Å²) in [5.74, 6) is -0.127. The van der Waals surface area contributed by atoms with Crippen LogP contribution in [0.4, 0.5) is 0 Å². The summed E-state index contributed by atoms with van der Waals surface area (Å²) in [6, 6.07) is 12.2. The van der Waals surface area contributed by atoms with Crippen molar-refractivity contribution in [3.63, 3.8) is 0 Å². The van der Waals surface area contributed by atoms with Crippen LogP contribution in [0.5, 0.6) is 0 Å². The summed E-state index contributed by atoms with van der Waals surface area (Å²) in [5.41, 5.74) is 3.54. The second kappa shape index (κ2) is 6.78. The molecular formula is C22H19Cl2N3O2. The Labute approximate surface area is 178 Å². The van der Waals surface area contributed by atoms with Crippen molar-refractivity contribution in [1.82, 2.24) is 14.8 Å². The van der Waals surface area contributed by atoms with E-state index in [4.69, 9.17) is 23.2 Å². The van der Waals surface area contributed by atoms with Gasteiger partial charge in [0.25, 0.3) is 0 Å². The number of hydrogen-bond donors (Lipinski definition) is 1. The fraction of sp³-hybridized carbons (Fsp3) is 0.273. The van der Waals surface area contributed by atoms with E-state index in [0.717, 1.165) is 22.2 Å². The molecule has 0 bridgehead atoms. The minimum atomic E-state index is -0.569. The SMILES string of the molecule is CCN1CC(=O)N2[C@@H](c3c(Cl)cccc3Cl)c3[nH]c4ccccc4c3C[C@H]2C1=O. The van der Waals surface area contributed by atoms with Crippen LogP contribution in [-0.2, 0) is 16.0 Å². The predicted molar refractivity (Wildman–Crippen MR) is 113 cm³/mol. The van der Waals surface area contributed by atoms with E-state index >= 15 is 0 Å². The van der Waals surface area contributed by atoms with Crippen molar-refractivity contribution in [2.24, 2.45) is 0 Å². The quantitative estimate of drug-likeness (QED) is 0.666. The molecule has 2 aromatic carbocycles. The van der Waals surface area contributed by atoms with Crippen molar-refractivity contribution in [2.75, 3.05) is 13.1 Å². The number of hydrogen-bond acceptors (Lipinski definition) is 2. The maximum absolute atomic E-state index is 13.2. The van der Waals surface area contributed by atoms with Crippen molar-refractivity contribution in [3.05, 3.63) is 69.3 Å². The van der Waals surface area contributed by atoms with Crippen molar-refractivity contribution >= 4 is 45.9 Å². The second-order valence-corrected chi connectivity index (χ2v) is 8.29. The molecule has 7 heteroatoms. The number of carbonyl (C=O) groups is 2. The Morgan fingerprint density at radius 1 is 1.07 bits per heavy atom. The zero-order valence-electron chi connectivity index (χ0n) is 15.8. The minimum absolute atomic E-state index is 0.0313. The molecule has 1 fully saturated rings. The number of nitrogens with one attached hydrogen (secondary N) is 1. The second-order valence-electron chi connectivity index (χ2n) is 7.47. The van der Waals surface area contributed by atoms with Gasteiger partial charge in [0.2, 0.25) is 11.8 Å². The first-order chi connectivity index (χ1) is 14.0. The molecule has 0 spiro atoms. The van der Waals surface area contributed by atoms with Crippen LogP contribution in [-0.4, -0.2) is 45.7 Å². The number of rotatable bonds is 2. The summed E-state index contributed by atoms with van der Waals surface area (Å²) in [7, 11) is 0. The van der Waals surface area contributed by atoms with Crippen molar-refractivity contribution in [2.45, 2.75) is 25.4 Å². The molecule has 2 atom stereocenters. The third-order valence-corrected chi connectivity index (χ3v) is 6.66. The normalized spacial score (nSPS) is 21.5. The summed E-state index contributed by atoms with van der Waals surface area (Å²) >= 11 is 13.1.